The summed E-state index contributed by atoms with van der Waals surface area (Å²) in [6, 6.07) is 0. The molecule has 0 bridgehead atoms. The highest BCUT2D eigenvalue weighted by molar-refractivity contribution is 5.69. The molecule has 1 saturated heterocycles. The summed E-state index contributed by atoms with van der Waals surface area (Å²) in [5.41, 5.74) is 0. The van der Waals surface area contributed by atoms with Gasteiger partial charge in [-0.2, -0.15) is 5.90 Å². The van der Waals surface area contributed by atoms with Crippen molar-refractivity contribution < 1.29 is 9.63 Å². The third-order valence-electron chi connectivity index (χ3n) is 2.36. The number of nitrogens with zero attached hydrogens (tertiary/aromatic N) is 2. The quantitative estimate of drug-likeness (QED) is 0.577. The van der Waals surface area contributed by atoms with Crippen LogP contribution in [0.4, 0.5) is 0 Å². The summed E-state index contributed by atoms with van der Waals surface area (Å²) in [5.74, 6) is 4.40. The molecule has 5 heteroatoms. The van der Waals surface area contributed by atoms with Crippen LogP contribution in [0.25, 0.3) is 0 Å². The third-order valence-corrected chi connectivity index (χ3v) is 2.36. The summed E-state index contributed by atoms with van der Waals surface area (Å²) in [6.07, 6.45) is 0.389. The molecule has 0 aliphatic carbocycles. The van der Waals surface area contributed by atoms with Gasteiger partial charge >= 0.3 is 5.97 Å². The smallest absolute Gasteiger partial charge is 0.325 e. The van der Waals surface area contributed by atoms with Crippen LogP contribution in [0.5, 0.6) is 0 Å². The zero-order chi connectivity index (χ0) is 9.68. The first-order valence-electron chi connectivity index (χ1n) is 4.53. The van der Waals surface area contributed by atoms with Gasteiger partial charge in [0.1, 0.15) is 0 Å². The normalized spacial score (nSPS) is 20.2. The zero-order valence-electron chi connectivity index (χ0n) is 8.03. The second-order valence-electron chi connectivity index (χ2n) is 3.38. The minimum Gasteiger partial charge on any atom is -0.373 e. The Bertz CT molecular complexity index is 167. The Morgan fingerprint density at radius 2 is 2.00 bits per heavy atom. The maximum absolute atomic E-state index is 10.7. The molecule has 0 radical (unpaired) electrons. The number of nitrogens with two attached hydrogens (primary N) is 1. The predicted octanol–water partition coefficient (Wildman–Crippen LogP) is -0.959. The standard InChI is InChI=1S/C8H17N3O2/c1-10-4-6-11(7-5-10)3-2-8(12)13-9/h2-7,9H2,1H3. The lowest BCUT2D eigenvalue weighted by atomic mass is 10.3. The van der Waals surface area contributed by atoms with Crippen LogP contribution < -0.4 is 5.90 Å². The summed E-state index contributed by atoms with van der Waals surface area (Å²) in [7, 11) is 2.10. The van der Waals surface area contributed by atoms with Gasteiger partial charge < -0.3 is 14.6 Å². The van der Waals surface area contributed by atoms with E-state index >= 15 is 0 Å². The van der Waals surface area contributed by atoms with Crippen LogP contribution in [0.1, 0.15) is 6.42 Å². The number of piperazine rings is 1. The Morgan fingerprint density at radius 3 is 2.54 bits per heavy atom. The van der Waals surface area contributed by atoms with Crippen LogP contribution in [0.3, 0.4) is 0 Å². The average Bonchev–Trinajstić information content (AvgIpc) is 2.16. The molecule has 0 unspecified atom stereocenters. The van der Waals surface area contributed by atoms with Crippen molar-refractivity contribution in [2.45, 2.75) is 6.42 Å². The van der Waals surface area contributed by atoms with E-state index in [2.05, 4.69) is 21.7 Å². The van der Waals surface area contributed by atoms with Gasteiger partial charge in [-0.3, -0.25) is 4.79 Å². The summed E-state index contributed by atoms with van der Waals surface area (Å²) in [4.78, 5) is 19.3. The molecule has 1 fully saturated rings. The minimum absolute atomic E-state index is 0.334. The largest absolute Gasteiger partial charge is 0.373 e. The maximum atomic E-state index is 10.7. The van der Waals surface area contributed by atoms with Crippen molar-refractivity contribution in [2.75, 3.05) is 39.8 Å². The molecule has 0 aromatic heterocycles. The Morgan fingerprint density at radius 1 is 1.38 bits per heavy atom. The molecule has 2 N–H and O–H groups in total. The molecule has 1 rings (SSSR count). The van der Waals surface area contributed by atoms with Gasteiger partial charge in [-0.1, -0.05) is 0 Å². The van der Waals surface area contributed by atoms with Crippen molar-refractivity contribution in [3.8, 4) is 0 Å². The summed E-state index contributed by atoms with van der Waals surface area (Å²) >= 11 is 0. The van der Waals surface area contributed by atoms with Gasteiger partial charge in [0.15, 0.2) is 0 Å². The van der Waals surface area contributed by atoms with Crippen LogP contribution in [0, 0.1) is 0 Å². The highest BCUT2D eigenvalue weighted by Gasteiger charge is 2.14. The molecule has 1 aliphatic rings. The molecule has 13 heavy (non-hydrogen) atoms. The fraction of sp³-hybridized carbons (Fsp3) is 0.875. The summed E-state index contributed by atoms with van der Waals surface area (Å²) in [6.45, 7) is 4.93. The van der Waals surface area contributed by atoms with Crippen LogP contribution in [0.2, 0.25) is 0 Å². The highest BCUT2D eigenvalue weighted by Crippen LogP contribution is 1.99. The zero-order valence-corrected chi connectivity index (χ0v) is 8.03. The maximum Gasteiger partial charge on any atom is 0.325 e. The van der Waals surface area contributed by atoms with Crippen molar-refractivity contribution in [3.63, 3.8) is 0 Å². The van der Waals surface area contributed by atoms with Gasteiger partial charge in [0.05, 0.1) is 6.42 Å². The predicted molar refractivity (Wildman–Crippen MR) is 48.8 cm³/mol. The molecule has 1 heterocycles. The molecule has 76 valence electrons. The van der Waals surface area contributed by atoms with E-state index in [1.54, 1.807) is 0 Å². The fourth-order valence-corrected chi connectivity index (χ4v) is 1.38. The minimum atomic E-state index is -0.334. The topological polar surface area (TPSA) is 58.8 Å². The van der Waals surface area contributed by atoms with Gasteiger partial charge in [-0.05, 0) is 7.05 Å². The molecule has 0 spiro atoms. The van der Waals surface area contributed by atoms with Crippen LogP contribution in [-0.4, -0.2) is 55.5 Å². The number of hydrogen-bond donors (Lipinski definition) is 1. The first-order chi connectivity index (χ1) is 6.22. The Balaban J connectivity index is 2.12. The van der Waals surface area contributed by atoms with E-state index in [4.69, 9.17) is 5.90 Å². The first kappa shape index (κ1) is 10.4. The van der Waals surface area contributed by atoms with E-state index < -0.39 is 0 Å². The van der Waals surface area contributed by atoms with Crippen molar-refractivity contribution >= 4 is 5.97 Å². The second-order valence-corrected chi connectivity index (χ2v) is 3.38. The van der Waals surface area contributed by atoms with Gasteiger partial charge in [0.2, 0.25) is 0 Å². The molecule has 1 aliphatic heterocycles. The van der Waals surface area contributed by atoms with Gasteiger partial charge in [-0.15, -0.1) is 0 Å². The molecular formula is C8H17N3O2. The number of carbonyl (C=O) groups excluding carboxylic acids is 1. The van der Waals surface area contributed by atoms with E-state index in [1.165, 1.54) is 0 Å². The van der Waals surface area contributed by atoms with Crippen LogP contribution in [0.15, 0.2) is 0 Å². The number of rotatable bonds is 3. The number of hydrogen-bond acceptors (Lipinski definition) is 5. The van der Waals surface area contributed by atoms with Crippen molar-refractivity contribution in [3.05, 3.63) is 0 Å². The summed E-state index contributed by atoms with van der Waals surface area (Å²) < 4.78 is 0. The Hall–Kier alpha value is -0.650. The molecule has 0 atom stereocenters. The second kappa shape index (κ2) is 5.16. The van der Waals surface area contributed by atoms with Gasteiger partial charge in [0.25, 0.3) is 0 Å². The molecule has 5 nitrogen and oxygen atoms in total. The number of carbonyl (C=O) groups is 1. The van der Waals surface area contributed by atoms with Crippen LogP contribution >= 0.6 is 0 Å². The van der Waals surface area contributed by atoms with Gasteiger partial charge in [0, 0.05) is 32.7 Å². The third kappa shape index (κ3) is 3.71. The lowest BCUT2D eigenvalue weighted by Crippen LogP contribution is -2.45. The highest BCUT2D eigenvalue weighted by atomic mass is 16.7. The van der Waals surface area contributed by atoms with Crippen molar-refractivity contribution in [2.24, 2.45) is 5.90 Å². The molecule has 0 saturated carbocycles. The van der Waals surface area contributed by atoms with Crippen molar-refractivity contribution in [1.82, 2.24) is 9.80 Å². The average molecular weight is 187 g/mol. The molecule has 0 aromatic carbocycles. The van der Waals surface area contributed by atoms with E-state index in [0.717, 1.165) is 32.7 Å². The van der Waals surface area contributed by atoms with Crippen molar-refractivity contribution in [1.29, 1.82) is 0 Å². The Kier molecular flexibility index (Phi) is 4.14. The number of likely N-dealkylation sites (N-methyl/N-ethyl adjacent to an activating group) is 1. The SMILES string of the molecule is CN1CCN(CCC(=O)ON)CC1. The first-order valence-corrected chi connectivity index (χ1v) is 4.53. The summed E-state index contributed by atoms with van der Waals surface area (Å²) in [5, 5.41) is 0. The Labute approximate surface area is 78.4 Å². The van der Waals surface area contributed by atoms with E-state index in [0.29, 0.717) is 6.42 Å². The molecular weight excluding hydrogens is 170 g/mol. The lowest BCUT2D eigenvalue weighted by Gasteiger charge is -2.31. The van der Waals surface area contributed by atoms with Crippen LogP contribution in [-0.2, 0) is 9.63 Å². The molecule has 0 amide bonds. The fourth-order valence-electron chi connectivity index (χ4n) is 1.38. The van der Waals surface area contributed by atoms with E-state index in [9.17, 15) is 4.79 Å². The monoisotopic (exact) mass is 187 g/mol. The lowest BCUT2D eigenvalue weighted by molar-refractivity contribution is -0.144. The van der Waals surface area contributed by atoms with E-state index in [-0.39, 0.29) is 5.97 Å². The molecule has 0 aromatic rings. The van der Waals surface area contributed by atoms with E-state index in [1.807, 2.05) is 0 Å². The van der Waals surface area contributed by atoms with Gasteiger partial charge in [-0.25, -0.2) is 0 Å².